The van der Waals surface area contributed by atoms with Gasteiger partial charge in [-0.2, -0.15) is 15.8 Å². The molecule has 2 unspecified atom stereocenters. The molecule has 9 nitrogen and oxygen atoms in total. The standard InChI is InChI=1S/C26H28N4O2.C11H18BNO2/c1-16-21(26(32)15-29-20-8-9-23(29)25(31)12-20)13-24(22-11-18(22)3-2-10-27)30(16)19-6-4-17(14-28)5-7-19;1-10(2)11(3,4)15-12(14-10)8-6-5-7-9-13/h4-7,13,18,20,22-23,25,31H,2-3,8-9,11-12,15H2,1H3;6,8H,5,7H2,1-4H3/b;8-6+/t18-,20?,22-,23?,25+;/m1./s1. The van der Waals surface area contributed by atoms with Gasteiger partial charge < -0.3 is 19.0 Å². The molecule has 6 rings (SSSR count). The molecule has 4 heterocycles. The number of nitrogens with zero attached hydrogens (tertiary/aromatic N) is 5. The van der Waals surface area contributed by atoms with Crippen LogP contribution in [-0.4, -0.2) is 63.4 Å². The molecule has 1 aromatic carbocycles. The van der Waals surface area contributed by atoms with Crippen molar-refractivity contribution in [2.24, 2.45) is 5.92 Å². The number of aliphatic hydroxyl groups is 1. The molecule has 246 valence electrons. The van der Waals surface area contributed by atoms with Crippen molar-refractivity contribution in [1.29, 1.82) is 15.8 Å². The van der Waals surface area contributed by atoms with Crippen molar-refractivity contribution in [3.8, 4) is 23.9 Å². The van der Waals surface area contributed by atoms with Gasteiger partial charge >= 0.3 is 7.12 Å². The minimum atomic E-state index is -0.311. The van der Waals surface area contributed by atoms with E-state index in [0.29, 0.717) is 42.8 Å². The predicted molar refractivity (Wildman–Crippen MR) is 179 cm³/mol. The zero-order valence-corrected chi connectivity index (χ0v) is 28.3. The number of carbonyl (C=O) groups is 1. The molecule has 1 N–H and O–H groups in total. The van der Waals surface area contributed by atoms with Crippen LogP contribution in [0.2, 0.25) is 0 Å². The van der Waals surface area contributed by atoms with Crippen LogP contribution in [-0.2, 0) is 9.31 Å². The zero-order valence-electron chi connectivity index (χ0n) is 28.3. The summed E-state index contributed by atoms with van der Waals surface area (Å²) < 4.78 is 13.7. The number of Topliss-reactive ketones (excluding diaryl/α,β-unsaturated/α-hetero) is 1. The summed E-state index contributed by atoms with van der Waals surface area (Å²) in [4.78, 5) is 15.6. The fourth-order valence-electron chi connectivity index (χ4n) is 7.28. The van der Waals surface area contributed by atoms with Crippen LogP contribution in [0.25, 0.3) is 5.69 Å². The highest BCUT2D eigenvalue weighted by molar-refractivity contribution is 6.51. The van der Waals surface area contributed by atoms with Gasteiger partial charge in [0.05, 0.1) is 47.6 Å². The molecule has 0 amide bonds. The van der Waals surface area contributed by atoms with Crippen LogP contribution < -0.4 is 0 Å². The number of aromatic nitrogens is 1. The molecule has 1 aliphatic carbocycles. The Bertz CT molecular complexity index is 1590. The molecule has 47 heavy (non-hydrogen) atoms. The number of hydrogen-bond acceptors (Lipinski definition) is 8. The lowest BCUT2D eigenvalue weighted by Crippen LogP contribution is -2.41. The number of unbranched alkanes of at least 4 members (excludes halogenated alkanes) is 1. The maximum Gasteiger partial charge on any atom is 0.486 e. The molecule has 0 spiro atoms. The third kappa shape index (κ3) is 7.40. The SMILES string of the molecule is CC1(C)OB(/C=C/CCC#N)OC1(C)C.Cc1c(C(=O)CN2C3CCC2[C@@H](O)C3)cc([C@@H]2C[C@H]2CCC#N)n1-c1ccc(C#N)cc1. The molecule has 0 radical (unpaired) electrons. The molecular formula is C37H46BN5O4. The maximum absolute atomic E-state index is 13.4. The lowest BCUT2D eigenvalue weighted by atomic mass is 9.89. The summed E-state index contributed by atoms with van der Waals surface area (Å²) in [5.41, 5.74) is 3.80. The highest BCUT2D eigenvalue weighted by Gasteiger charge is 2.50. The molecule has 2 aromatic rings. The molecule has 5 atom stereocenters. The van der Waals surface area contributed by atoms with Gasteiger partial charge in [0, 0.05) is 53.5 Å². The number of rotatable bonds is 10. The van der Waals surface area contributed by atoms with Crippen LogP contribution in [0.15, 0.2) is 42.4 Å². The van der Waals surface area contributed by atoms with Gasteiger partial charge in [0.1, 0.15) is 0 Å². The van der Waals surface area contributed by atoms with Crippen molar-refractivity contribution in [3.63, 3.8) is 0 Å². The lowest BCUT2D eigenvalue weighted by molar-refractivity contribution is 0.00578. The summed E-state index contributed by atoms with van der Waals surface area (Å²) in [5.74, 6) is 2.82. The van der Waals surface area contributed by atoms with Crippen molar-refractivity contribution in [1.82, 2.24) is 9.47 Å². The molecule has 3 saturated heterocycles. The van der Waals surface area contributed by atoms with E-state index in [4.69, 9.17) is 25.1 Å². The maximum atomic E-state index is 13.4. The molecule has 10 heteroatoms. The van der Waals surface area contributed by atoms with Gasteiger partial charge in [-0.25, -0.2) is 0 Å². The molecule has 4 fully saturated rings. The van der Waals surface area contributed by atoms with Crippen molar-refractivity contribution in [2.45, 2.75) is 121 Å². The fourth-order valence-corrected chi connectivity index (χ4v) is 7.28. The third-order valence-corrected chi connectivity index (χ3v) is 10.7. The Morgan fingerprint density at radius 3 is 2.30 bits per heavy atom. The number of allylic oxidation sites excluding steroid dienone is 1. The quantitative estimate of drug-likeness (QED) is 0.182. The van der Waals surface area contributed by atoms with E-state index in [1.807, 2.05) is 70.9 Å². The Morgan fingerprint density at radius 1 is 1.04 bits per heavy atom. The van der Waals surface area contributed by atoms with Gasteiger partial charge in [-0.15, -0.1) is 0 Å². The van der Waals surface area contributed by atoms with Gasteiger partial charge in [-0.1, -0.05) is 12.1 Å². The molecule has 2 bridgehead atoms. The Hall–Kier alpha value is -3.72. The lowest BCUT2D eigenvalue weighted by Gasteiger charge is -2.32. The van der Waals surface area contributed by atoms with Crippen molar-refractivity contribution in [3.05, 3.63) is 64.9 Å². The normalized spacial score (nSPS) is 26.8. The molecule has 3 aliphatic heterocycles. The second-order valence-electron chi connectivity index (χ2n) is 14.3. The van der Waals surface area contributed by atoms with E-state index in [1.165, 1.54) is 0 Å². The van der Waals surface area contributed by atoms with E-state index in [-0.39, 0.29) is 36.2 Å². The van der Waals surface area contributed by atoms with E-state index in [0.717, 1.165) is 61.2 Å². The number of benzene rings is 1. The van der Waals surface area contributed by atoms with Crippen LogP contribution in [0.5, 0.6) is 0 Å². The Kier molecular flexibility index (Phi) is 10.4. The number of nitriles is 3. The van der Waals surface area contributed by atoms with Crippen molar-refractivity contribution < 1.29 is 19.2 Å². The molecule has 4 aliphatic rings. The van der Waals surface area contributed by atoms with Gasteiger partial charge in [-0.3, -0.25) is 9.69 Å². The minimum absolute atomic E-state index is 0.108. The average molecular weight is 636 g/mol. The van der Waals surface area contributed by atoms with Crippen LogP contribution in [0, 0.1) is 46.8 Å². The van der Waals surface area contributed by atoms with E-state index >= 15 is 0 Å². The molecule has 1 aromatic heterocycles. The number of fused-ring (bicyclic) bond motifs is 2. The molecular weight excluding hydrogens is 589 g/mol. The summed E-state index contributed by atoms with van der Waals surface area (Å²) in [6, 6.07) is 16.5. The Morgan fingerprint density at radius 2 is 1.72 bits per heavy atom. The summed E-state index contributed by atoms with van der Waals surface area (Å²) in [7, 11) is -0.284. The predicted octanol–water partition coefficient (Wildman–Crippen LogP) is 6.32. The van der Waals surface area contributed by atoms with E-state index in [2.05, 4.69) is 33.7 Å². The summed E-state index contributed by atoms with van der Waals surface area (Å²) in [6.07, 6.45) is 8.21. The zero-order chi connectivity index (χ0) is 33.9. The second-order valence-corrected chi connectivity index (χ2v) is 14.3. The van der Waals surface area contributed by atoms with E-state index in [9.17, 15) is 9.90 Å². The third-order valence-electron chi connectivity index (χ3n) is 10.7. The first-order valence-corrected chi connectivity index (χ1v) is 16.9. The van der Waals surface area contributed by atoms with Crippen LogP contribution >= 0.6 is 0 Å². The van der Waals surface area contributed by atoms with E-state index < -0.39 is 0 Å². The number of aliphatic hydroxyl groups excluding tert-OH is 1. The summed E-state index contributed by atoms with van der Waals surface area (Å²) >= 11 is 0. The van der Waals surface area contributed by atoms with Gasteiger partial charge in [0.2, 0.25) is 0 Å². The summed E-state index contributed by atoms with van der Waals surface area (Å²) in [5, 5.41) is 36.7. The van der Waals surface area contributed by atoms with Gasteiger partial charge in [0.15, 0.2) is 5.78 Å². The van der Waals surface area contributed by atoms with Crippen LogP contribution in [0.4, 0.5) is 0 Å². The highest BCUT2D eigenvalue weighted by Crippen LogP contribution is 2.51. The average Bonchev–Trinajstić information content (AvgIpc) is 3.33. The van der Waals surface area contributed by atoms with E-state index in [1.54, 1.807) is 0 Å². The minimum Gasteiger partial charge on any atom is -0.400 e. The number of hydrogen-bond donors (Lipinski definition) is 1. The van der Waals surface area contributed by atoms with Gasteiger partial charge in [-0.05, 0) is 109 Å². The Balaban J connectivity index is 0.000000244. The number of carbonyl (C=O) groups excluding carboxylic acids is 1. The monoisotopic (exact) mass is 635 g/mol. The van der Waals surface area contributed by atoms with Crippen LogP contribution in [0.1, 0.15) is 112 Å². The Labute approximate surface area is 279 Å². The van der Waals surface area contributed by atoms with Crippen LogP contribution in [0.3, 0.4) is 0 Å². The smallest absolute Gasteiger partial charge is 0.400 e. The van der Waals surface area contributed by atoms with Crippen molar-refractivity contribution in [2.75, 3.05) is 6.54 Å². The first kappa shape index (κ1) is 34.6. The van der Waals surface area contributed by atoms with Crippen molar-refractivity contribution >= 4 is 12.9 Å². The second kappa shape index (κ2) is 14.2. The number of ketones is 1. The topological polar surface area (TPSA) is 135 Å². The largest absolute Gasteiger partial charge is 0.486 e. The molecule has 1 saturated carbocycles. The highest BCUT2D eigenvalue weighted by atomic mass is 16.7. The first-order chi connectivity index (χ1) is 22.4. The van der Waals surface area contributed by atoms with Gasteiger partial charge in [0.25, 0.3) is 0 Å². The summed E-state index contributed by atoms with van der Waals surface area (Å²) in [6.45, 7) is 10.4. The first-order valence-electron chi connectivity index (χ1n) is 16.9. The fraction of sp³-hybridized carbons (Fsp3) is 0.568.